The highest BCUT2D eigenvalue weighted by molar-refractivity contribution is 8.02. The summed E-state index contributed by atoms with van der Waals surface area (Å²) >= 11 is 1.05. The SMILES string of the molecule is Cc1ccc(S/C(=C\[C@@H](O)C(C)C)[N+](=O)[O-])cc1. The molecule has 0 aliphatic rings. The zero-order valence-electron chi connectivity index (χ0n) is 10.7. The highest BCUT2D eigenvalue weighted by Gasteiger charge is 2.17. The van der Waals surface area contributed by atoms with Gasteiger partial charge in [-0.3, -0.25) is 10.1 Å². The maximum atomic E-state index is 10.9. The van der Waals surface area contributed by atoms with E-state index in [1.165, 1.54) is 6.08 Å². The fraction of sp³-hybridized carbons (Fsp3) is 0.385. The van der Waals surface area contributed by atoms with Gasteiger partial charge in [0.15, 0.2) is 0 Å². The van der Waals surface area contributed by atoms with Gasteiger partial charge in [-0.15, -0.1) is 0 Å². The molecule has 0 amide bonds. The maximum Gasteiger partial charge on any atom is 0.306 e. The van der Waals surface area contributed by atoms with Gasteiger partial charge in [0.25, 0.3) is 0 Å². The van der Waals surface area contributed by atoms with E-state index in [0.29, 0.717) is 0 Å². The van der Waals surface area contributed by atoms with Crippen molar-refractivity contribution < 1.29 is 10.0 Å². The van der Waals surface area contributed by atoms with E-state index in [1.54, 1.807) is 0 Å². The molecule has 1 N–H and O–H groups in total. The van der Waals surface area contributed by atoms with Gasteiger partial charge in [0.1, 0.15) is 0 Å². The van der Waals surface area contributed by atoms with E-state index in [2.05, 4.69) is 0 Å². The Balaban J connectivity index is 2.87. The van der Waals surface area contributed by atoms with Crippen LogP contribution in [0.4, 0.5) is 0 Å². The van der Waals surface area contributed by atoms with Gasteiger partial charge in [-0.1, -0.05) is 31.5 Å². The van der Waals surface area contributed by atoms with Gasteiger partial charge in [0.2, 0.25) is 0 Å². The van der Waals surface area contributed by atoms with Crippen molar-refractivity contribution in [2.75, 3.05) is 0 Å². The number of aryl methyl sites for hydroxylation is 1. The van der Waals surface area contributed by atoms with Crippen LogP contribution in [0.3, 0.4) is 0 Å². The predicted octanol–water partition coefficient (Wildman–Crippen LogP) is 3.22. The summed E-state index contributed by atoms with van der Waals surface area (Å²) < 4.78 is 0. The van der Waals surface area contributed by atoms with E-state index < -0.39 is 11.0 Å². The molecule has 0 saturated carbocycles. The Hall–Kier alpha value is -1.33. The summed E-state index contributed by atoms with van der Waals surface area (Å²) in [7, 11) is 0. The molecule has 0 unspecified atom stereocenters. The molecule has 0 fully saturated rings. The van der Waals surface area contributed by atoms with E-state index in [4.69, 9.17) is 0 Å². The van der Waals surface area contributed by atoms with Gasteiger partial charge in [-0.2, -0.15) is 0 Å². The van der Waals surface area contributed by atoms with Gasteiger partial charge in [0.05, 0.1) is 11.0 Å². The lowest BCUT2D eigenvalue weighted by atomic mass is 10.1. The third-order valence-electron chi connectivity index (χ3n) is 2.42. The number of nitrogens with zero attached hydrogens (tertiary/aromatic N) is 1. The number of aliphatic hydroxyl groups excluding tert-OH is 1. The molecule has 1 atom stereocenters. The minimum absolute atomic E-state index is 0.0416. The fourth-order valence-electron chi connectivity index (χ4n) is 1.20. The van der Waals surface area contributed by atoms with Crippen LogP contribution in [-0.4, -0.2) is 16.1 Å². The molecule has 0 aliphatic heterocycles. The number of aliphatic hydroxyl groups is 1. The smallest absolute Gasteiger partial charge is 0.306 e. The molecule has 18 heavy (non-hydrogen) atoms. The second-order valence-electron chi connectivity index (χ2n) is 4.41. The molecule has 4 nitrogen and oxygen atoms in total. The summed E-state index contributed by atoms with van der Waals surface area (Å²) in [5.41, 5.74) is 1.10. The second-order valence-corrected chi connectivity index (χ2v) is 5.51. The zero-order chi connectivity index (χ0) is 13.7. The van der Waals surface area contributed by atoms with Crippen LogP contribution in [-0.2, 0) is 0 Å². The van der Waals surface area contributed by atoms with E-state index >= 15 is 0 Å². The summed E-state index contributed by atoms with van der Waals surface area (Å²) in [6.45, 7) is 5.59. The average molecular weight is 267 g/mol. The van der Waals surface area contributed by atoms with Gasteiger partial charge in [0, 0.05) is 11.0 Å². The number of thioether (sulfide) groups is 1. The minimum atomic E-state index is -0.802. The molecule has 0 saturated heterocycles. The Morgan fingerprint density at radius 2 is 1.94 bits per heavy atom. The van der Waals surface area contributed by atoms with Crippen molar-refractivity contribution in [3.8, 4) is 0 Å². The van der Waals surface area contributed by atoms with Crippen LogP contribution in [0, 0.1) is 23.0 Å². The van der Waals surface area contributed by atoms with Gasteiger partial charge in [-0.05, 0) is 36.7 Å². The van der Waals surface area contributed by atoms with E-state index in [9.17, 15) is 15.2 Å². The van der Waals surface area contributed by atoms with Crippen LogP contribution in [0.15, 0.2) is 40.3 Å². The van der Waals surface area contributed by atoms with Crippen LogP contribution in [0.5, 0.6) is 0 Å². The fourth-order valence-corrected chi connectivity index (χ4v) is 1.99. The topological polar surface area (TPSA) is 63.4 Å². The van der Waals surface area contributed by atoms with Gasteiger partial charge < -0.3 is 5.11 Å². The summed E-state index contributed by atoms with van der Waals surface area (Å²) in [5, 5.41) is 20.6. The molecule has 0 bridgehead atoms. The first kappa shape index (κ1) is 14.7. The molecule has 0 aromatic heterocycles. The van der Waals surface area contributed by atoms with Crippen molar-refractivity contribution in [2.24, 2.45) is 5.92 Å². The minimum Gasteiger partial charge on any atom is -0.388 e. The van der Waals surface area contributed by atoms with E-state index in [-0.39, 0.29) is 10.9 Å². The molecular weight excluding hydrogens is 250 g/mol. The van der Waals surface area contributed by atoms with Crippen molar-refractivity contribution in [1.82, 2.24) is 0 Å². The Morgan fingerprint density at radius 1 is 1.39 bits per heavy atom. The summed E-state index contributed by atoms with van der Waals surface area (Å²) in [5.74, 6) is -0.0430. The van der Waals surface area contributed by atoms with Gasteiger partial charge in [-0.25, -0.2) is 0 Å². The molecule has 98 valence electrons. The Kier molecular flexibility index (Phi) is 5.37. The largest absolute Gasteiger partial charge is 0.388 e. The normalized spacial score (nSPS) is 13.7. The first-order chi connectivity index (χ1) is 8.40. The number of rotatable bonds is 5. The van der Waals surface area contributed by atoms with Gasteiger partial charge >= 0.3 is 5.03 Å². The standard InChI is InChI=1S/C13H17NO3S/c1-9(2)12(15)8-13(14(16)17)18-11-6-4-10(3)5-7-11/h4-9,12,15H,1-3H3/b13-8-/t12-/m1/s1. The van der Waals surface area contributed by atoms with Crippen LogP contribution < -0.4 is 0 Å². The summed E-state index contributed by atoms with van der Waals surface area (Å²) in [4.78, 5) is 11.3. The maximum absolute atomic E-state index is 10.9. The van der Waals surface area contributed by atoms with Crippen molar-refractivity contribution in [2.45, 2.75) is 31.8 Å². The zero-order valence-corrected chi connectivity index (χ0v) is 11.5. The highest BCUT2D eigenvalue weighted by Crippen LogP contribution is 2.28. The third kappa shape index (κ3) is 4.50. The molecule has 1 rings (SSSR count). The molecule has 5 heteroatoms. The number of nitro groups is 1. The average Bonchev–Trinajstić information content (AvgIpc) is 2.30. The lowest BCUT2D eigenvalue weighted by molar-refractivity contribution is -0.411. The first-order valence-electron chi connectivity index (χ1n) is 5.69. The molecule has 0 spiro atoms. The van der Waals surface area contributed by atoms with Crippen molar-refractivity contribution in [1.29, 1.82) is 0 Å². The van der Waals surface area contributed by atoms with Crippen molar-refractivity contribution in [3.05, 3.63) is 51.0 Å². The molecule has 0 heterocycles. The van der Waals surface area contributed by atoms with Crippen LogP contribution in [0.2, 0.25) is 0 Å². The Morgan fingerprint density at radius 3 is 2.39 bits per heavy atom. The van der Waals surface area contributed by atoms with Crippen LogP contribution >= 0.6 is 11.8 Å². The number of hydrogen-bond acceptors (Lipinski definition) is 4. The quantitative estimate of drug-likeness (QED) is 0.505. The second kappa shape index (κ2) is 6.56. The number of hydrogen-bond donors (Lipinski definition) is 1. The van der Waals surface area contributed by atoms with E-state index in [1.807, 2.05) is 45.0 Å². The van der Waals surface area contributed by atoms with Crippen LogP contribution in [0.25, 0.3) is 0 Å². The lowest BCUT2D eigenvalue weighted by Gasteiger charge is -2.09. The molecule has 1 aromatic rings. The Labute approximate surface area is 111 Å². The molecular formula is C13H17NO3S. The molecule has 0 radical (unpaired) electrons. The number of benzene rings is 1. The highest BCUT2D eigenvalue weighted by atomic mass is 32.2. The monoisotopic (exact) mass is 267 g/mol. The van der Waals surface area contributed by atoms with E-state index in [0.717, 1.165) is 22.2 Å². The van der Waals surface area contributed by atoms with Crippen LogP contribution in [0.1, 0.15) is 19.4 Å². The summed E-state index contributed by atoms with van der Waals surface area (Å²) in [6.07, 6.45) is 0.498. The first-order valence-corrected chi connectivity index (χ1v) is 6.50. The summed E-state index contributed by atoms with van der Waals surface area (Å²) in [6, 6.07) is 7.47. The molecule has 1 aromatic carbocycles. The lowest BCUT2D eigenvalue weighted by Crippen LogP contribution is -2.13. The third-order valence-corrected chi connectivity index (χ3v) is 3.42. The predicted molar refractivity (Wildman–Crippen MR) is 73.0 cm³/mol. The van der Waals surface area contributed by atoms with Crippen molar-refractivity contribution in [3.63, 3.8) is 0 Å². The Bertz CT molecular complexity index is 440. The molecule has 0 aliphatic carbocycles. The van der Waals surface area contributed by atoms with Crippen molar-refractivity contribution >= 4 is 11.8 Å².